The summed E-state index contributed by atoms with van der Waals surface area (Å²) in [6, 6.07) is 3.06. The fourth-order valence-corrected chi connectivity index (χ4v) is 5.51. The molecule has 0 atom stereocenters. The average molecular weight is 422 g/mol. The molecule has 0 spiro atoms. The van der Waals surface area contributed by atoms with Crippen molar-refractivity contribution >= 4 is 44.8 Å². The highest BCUT2D eigenvalue weighted by atomic mass is 35.5. The molecular formula is C16H24ClN3O4S2. The molecule has 26 heavy (non-hydrogen) atoms. The van der Waals surface area contributed by atoms with Crippen LogP contribution in [0.3, 0.4) is 0 Å². The highest BCUT2D eigenvalue weighted by Gasteiger charge is 2.31. The van der Waals surface area contributed by atoms with E-state index in [1.54, 1.807) is 11.0 Å². The third-order valence-electron chi connectivity index (χ3n) is 4.04. The van der Waals surface area contributed by atoms with Crippen molar-refractivity contribution in [1.82, 2.24) is 14.5 Å². The predicted octanol–water partition coefficient (Wildman–Crippen LogP) is 1.79. The monoisotopic (exact) mass is 421 g/mol. The summed E-state index contributed by atoms with van der Waals surface area (Å²) in [6.45, 7) is 6.88. The lowest BCUT2D eigenvalue weighted by molar-refractivity contribution is -0.132. The highest BCUT2D eigenvalue weighted by Crippen LogP contribution is 2.28. The molecule has 2 amide bonds. The molecule has 1 saturated heterocycles. The van der Waals surface area contributed by atoms with Crippen LogP contribution in [0.2, 0.25) is 4.34 Å². The van der Waals surface area contributed by atoms with Crippen LogP contribution in [0.15, 0.2) is 16.3 Å². The molecular weight excluding hydrogens is 398 g/mol. The van der Waals surface area contributed by atoms with Gasteiger partial charge >= 0.3 is 0 Å². The van der Waals surface area contributed by atoms with Crippen LogP contribution in [0.25, 0.3) is 0 Å². The highest BCUT2D eigenvalue weighted by molar-refractivity contribution is 7.91. The summed E-state index contributed by atoms with van der Waals surface area (Å²) in [5.41, 5.74) is -0.492. The van der Waals surface area contributed by atoms with Gasteiger partial charge in [-0.2, -0.15) is 4.31 Å². The minimum absolute atomic E-state index is 0.0876. The van der Waals surface area contributed by atoms with Gasteiger partial charge in [-0.15, -0.1) is 11.3 Å². The normalized spacial score (nSPS) is 16.5. The van der Waals surface area contributed by atoms with Crippen LogP contribution in [0.4, 0.5) is 0 Å². The minimum atomic E-state index is -3.56. The molecule has 0 radical (unpaired) electrons. The van der Waals surface area contributed by atoms with E-state index in [1.807, 2.05) is 20.8 Å². The fourth-order valence-electron chi connectivity index (χ4n) is 2.45. The van der Waals surface area contributed by atoms with Gasteiger partial charge < -0.3 is 10.2 Å². The first kappa shape index (κ1) is 21.1. The molecule has 1 N–H and O–H groups in total. The molecule has 1 fully saturated rings. The minimum Gasteiger partial charge on any atom is -0.355 e. The Morgan fingerprint density at radius 3 is 2.31 bits per heavy atom. The smallest absolute Gasteiger partial charge is 0.252 e. The SMILES string of the molecule is CC(C)(C)C(=O)NCCC(=O)N1CCN(S(=O)(=O)c2ccc(Cl)s2)CC1. The maximum absolute atomic E-state index is 12.5. The topological polar surface area (TPSA) is 86.8 Å². The van der Waals surface area contributed by atoms with Crippen LogP contribution in [0.5, 0.6) is 0 Å². The van der Waals surface area contributed by atoms with Crippen LogP contribution in [-0.4, -0.2) is 62.2 Å². The Bertz CT molecular complexity index is 763. The first-order valence-electron chi connectivity index (χ1n) is 8.33. The van der Waals surface area contributed by atoms with Gasteiger partial charge in [-0.1, -0.05) is 32.4 Å². The van der Waals surface area contributed by atoms with Gasteiger partial charge in [0.05, 0.1) is 4.34 Å². The van der Waals surface area contributed by atoms with Crippen molar-refractivity contribution < 1.29 is 18.0 Å². The van der Waals surface area contributed by atoms with Crippen LogP contribution < -0.4 is 5.32 Å². The molecule has 7 nitrogen and oxygen atoms in total. The molecule has 1 aromatic rings. The number of carbonyl (C=O) groups excluding carboxylic acids is 2. The van der Waals surface area contributed by atoms with Crippen molar-refractivity contribution in [2.45, 2.75) is 31.4 Å². The summed E-state index contributed by atoms with van der Waals surface area (Å²) in [6.07, 6.45) is 0.203. The Morgan fingerprint density at radius 1 is 1.19 bits per heavy atom. The lowest BCUT2D eigenvalue weighted by atomic mass is 9.96. The summed E-state index contributed by atoms with van der Waals surface area (Å²) in [5.74, 6) is -0.189. The number of hydrogen-bond acceptors (Lipinski definition) is 5. The van der Waals surface area contributed by atoms with E-state index in [2.05, 4.69) is 5.32 Å². The van der Waals surface area contributed by atoms with Crippen molar-refractivity contribution in [3.05, 3.63) is 16.5 Å². The number of piperazine rings is 1. The molecule has 0 unspecified atom stereocenters. The molecule has 2 rings (SSSR count). The zero-order valence-corrected chi connectivity index (χ0v) is 17.5. The summed E-state index contributed by atoms with van der Waals surface area (Å²) >= 11 is 6.85. The van der Waals surface area contributed by atoms with E-state index >= 15 is 0 Å². The summed E-state index contributed by atoms with van der Waals surface area (Å²) in [5, 5.41) is 2.75. The lowest BCUT2D eigenvalue weighted by Gasteiger charge is -2.33. The number of rotatable bonds is 5. The Hall–Kier alpha value is -1.16. The number of halogens is 1. The fraction of sp³-hybridized carbons (Fsp3) is 0.625. The standard InChI is InChI=1S/C16H24ClN3O4S2/c1-16(2,3)15(22)18-7-6-13(21)19-8-10-20(11-9-19)26(23,24)14-5-4-12(17)25-14/h4-5H,6-11H2,1-3H3,(H,18,22). The van der Waals surface area contributed by atoms with Gasteiger partial charge in [-0.25, -0.2) is 8.42 Å². The van der Waals surface area contributed by atoms with E-state index < -0.39 is 15.4 Å². The number of amides is 2. The molecule has 0 saturated carbocycles. The van der Waals surface area contributed by atoms with E-state index in [1.165, 1.54) is 10.4 Å². The Morgan fingerprint density at radius 2 is 1.81 bits per heavy atom. The number of sulfonamides is 1. The van der Waals surface area contributed by atoms with E-state index in [4.69, 9.17) is 11.6 Å². The molecule has 146 valence electrons. The van der Waals surface area contributed by atoms with Gasteiger partial charge in [0.15, 0.2) is 0 Å². The summed E-state index contributed by atoms with van der Waals surface area (Å²) in [7, 11) is -3.56. The first-order valence-corrected chi connectivity index (χ1v) is 11.0. The van der Waals surface area contributed by atoms with Crippen LogP contribution in [0.1, 0.15) is 27.2 Å². The Labute approximate surface area is 163 Å². The first-order chi connectivity index (χ1) is 12.0. The van der Waals surface area contributed by atoms with Crippen molar-refractivity contribution in [2.75, 3.05) is 32.7 Å². The number of thiophene rings is 1. The number of nitrogens with zero attached hydrogens (tertiary/aromatic N) is 2. The van der Waals surface area contributed by atoms with Crippen molar-refractivity contribution in [3.63, 3.8) is 0 Å². The molecule has 0 aliphatic carbocycles. The van der Waals surface area contributed by atoms with E-state index in [0.29, 0.717) is 17.4 Å². The number of carbonyl (C=O) groups is 2. The van der Waals surface area contributed by atoms with E-state index in [0.717, 1.165) is 11.3 Å². The second-order valence-electron chi connectivity index (χ2n) is 7.10. The zero-order chi connectivity index (χ0) is 19.5. The second-order valence-corrected chi connectivity index (χ2v) is 11.0. The molecule has 2 heterocycles. The predicted molar refractivity (Wildman–Crippen MR) is 102 cm³/mol. The van der Waals surface area contributed by atoms with E-state index in [9.17, 15) is 18.0 Å². The van der Waals surface area contributed by atoms with Crippen molar-refractivity contribution in [1.29, 1.82) is 0 Å². The van der Waals surface area contributed by atoms with Gasteiger partial charge in [0.25, 0.3) is 10.0 Å². The van der Waals surface area contributed by atoms with Gasteiger partial charge in [-0.05, 0) is 12.1 Å². The van der Waals surface area contributed by atoms with Crippen molar-refractivity contribution in [2.24, 2.45) is 5.41 Å². The van der Waals surface area contributed by atoms with Gasteiger partial charge in [0, 0.05) is 44.6 Å². The van der Waals surface area contributed by atoms with Crippen LogP contribution >= 0.6 is 22.9 Å². The second kappa shape index (κ2) is 8.24. The summed E-state index contributed by atoms with van der Waals surface area (Å²) < 4.78 is 27.1. The maximum atomic E-state index is 12.5. The molecule has 1 aliphatic heterocycles. The van der Waals surface area contributed by atoms with Crippen molar-refractivity contribution in [3.8, 4) is 0 Å². The third-order valence-corrected chi connectivity index (χ3v) is 7.64. The van der Waals surface area contributed by atoms with Gasteiger partial charge in [-0.3, -0.25) is 9.59 Å². The third kappa shape index (κ3) is 5.18. The molecule has 10 heteroatoms. The average Bonchev–Trinajstić information content (AvgIpc) is 3.01. The Balaban J connectivity index is 1.82. The maximum Gasteiger partial charge on any atom is 0.252 e. The largest absolute Gasteiger partial charge is 0.355 e. The Kier molecular flexibility index (Phi) is 6.70. The lowest BCUT2D eigenvalue weighted by Crippen LogP contribution is -2.50. The molecule has 0 aromatic carbocycles. The molecule has 1 aromatic heterocycles. The molecule has 1 aliphatic rings. The van der Waals surface area contributed by atoms with Gasteiger partial charge in [0.2, 0.25) is 11.8 Å². The summed E-state index contributed by atoms with van der Waals surface area (Å²) in [4.78, 5) is 25.7. The van der Waals surface area contributed by atoms with Crippen LogP contribution in [-0.2, 0) is 19.6 Å². The molecule has 0 bridgehead atoms. The zero-order valence-electron chi connectivity index (χ0n) is 15.1. The van der Waals surface area contributed by atoms with Crippen LogP contribution in [0, 0.1) is 5.41 Å². The van der Waals surface area contributed by atoms with Gasteiger partial charge in [0.1, 0.15) is 4.21 Å². The number of nitrogens with one attached hydrogen (secondary N) is 1. The number of hydrogen-bond donors (Lipinski definition) is 1. The van der Waals surface area contributed by atoms with E-state index in [-0.39, 0.29) is 42.1 Å². The quantitative estimate of drug-likeness (QED) is 0.785.